The van der Waals surface area contributed by atoms with Gasteiger partial charge in [0.15, 0.2) is 5.11 Å². The summed E-state index contributed by atoms with van der Waals surface area (Å²) in [6.07, 6.45) is 0. The summed E-state index contributed by atoms with van der Waals surface area (Å²) in [4.78, 5) is 22.8. The highest BCUT2D eigenvalue weighted by molar-refractivity contribution is 7.89. The van der Waals surface area contributed by atoms with E-state index in [0.717, 1.165) is 0 Å². The Morgan fingerprint density at radius 2 is 1.83 bits per heavy atom. The molecule has 29 heavy (non-hydrogen) atoms. The molecular weight excluding hydrogens is 416 g/mol. The van der Waals surface area contributed by atoms with E-state index in [9.17, 15) is 23.3 Å². The van der Waals surface area contributed by atoms with Crippen molar-refractivity contribution in [1.82, 2.24) is 15.4 Å². The number of nitrogens with zero attached hydrogens (tertiary/aromatic N) is 1. The van der Waals surface area contributed by atoms with Crippen molar-refractivity contribution in [1.29, 1.82) is 0 Å². The highest BCUT2D eigenvalue weighted by Gasteiger charge is 2.34. The van der Waals surface area contributed by atoms with Crippen molar-refractivity contribution >= 4 is 38.9 Å². The average molecular weight is 437 g/mol. The molecule has 2 aromatic rings. The van der Waals surface area contributed by atoms with Crippen LogP contribution in [0.15, 0.2) is 54.6 Å². The third-order valence-electron chi connectivity index (χ3n) is 4.14. The van der Waals surface area contributed by atoms with Crippen LogP contribution in [0.5, 0.6) is 0 Å². The number of sulfonamides is 1. The van der Waals surface area contributed by atoms with Gasteiger partial charge in [-0.3, -0.25) is 20.2 Å². The molecule has 2 rings (SSSR count). The highest BCUT2D eigenvalue weighted by Crippen LogP contribution is 2.26. The molecule has 1 atom stereocenters. The monoisotopic (exact) mass is 436 g/mol. The fraction of sp³-hybridized carbons (Fsp3) is 0.222. The van der Waals surface area contributed by atoms with Crippen molar-refractivity contribution in [2.45, 2.75) is 12.5 Å². The van der Waals surface area contributed by atoms with Crippen LogP contribution < -0.4 is 15.4 Å². The zero-order valence-corrected chi connectivity index (χ0v) is 17.3. The number of nitro benzene ring substituents is 1. The maximum absolute atomic E-state index is 12.3. The van der Waals surface area contributed by atoms with Gasteiger partial charge in [-0.25, -0.2) is 13.1 Å². The van der Waals surface area contributed by atoms with Crippen molar-refractivity contribution < 1.29 is 18.1 Å². The number of benzene rings is 2. The smallest absolute Gasteiger partial charge is 0.269 e. The molecule has 1 unspecified atom stereocenters. The Balaban J connectivity index is 2.33. The molecule has 11 heteroatoms. The average Bonchev–Trinajstić information content (AvgIpc) is 2.68. The van der Waals surface area contributed by atoms with E-state index in [-0.39, 0.29) is 10.8 Å². The maximum atomic E-state index is 12.3. The van der Waals surface area contributed by atoms with Gasteiger partial charge < -0.3 is 5.32 Å². The van der Waals surface area contributed by atoms with E-state index in [1.807, 2.05) is 0 Å². The Morgan fingerprint density at radius 1 is 1.17 bits per heavy atom. The Kier molecular flexibility index (Phi) is 7.01. The number of rotatable bonds is 7. The lowest BCUT2D eigenvalue weighted by Crippen LogP contribution is -2.53. The molecule has 154 valence electrons. The Bertz CT molecular complexity index is 1030. The minimum Gasteiger partial charge on any atom is -0.352 e. The van der Waals surface area contributed by atoms with Crippen LogP contribution in [0.4, 0.5) is 5.69 Å². The van der Waals surface area contributed by atoms with Gasteiger partial charge in [0, 0.05) is 17.7 Å². The third kappa shape index (κ3) is 6.04. The van der Waals surface area contributed by atoms with Crippen molar-refractivity contribution in [3.63, 3.8) is 0 Å². The summed E-state index contributed by atoms with van der Waals surface area (Å²) in [7, 11) is -2.48. The molecule has 0 saturated heterocycles. The number of thiocarbonyl (C=S) groups is 1. The second-order valence-corrected chi connectivity index (χ2v) is 8.71. The van der Waals surface area contributed by atoms with Crippen molar-refractivity contribution in [3.05, 3.63) is 75.8 Å². The molecule has 0 aliphatic carbocycles. The minimum absolute atomic E-state index is 0.112. The fourth-order valence-corrected chi connectivity index (χ4v) is 4.11. The zero-order valence-electron chi connectivity index (χ0n) is 15.7. The van der Waals surface area contributed by atoms with E-state index < -0.39 is 32.1 Å². The van der Waals surface area contributed by atoms with Gasteiger partial charge in [-0.2, -0.15) is 0 Å². The summed E-state index contributed by atoms with van der Waals surface area (Å²) in [5.41, 5.74) is -0.857. The predicted molar refractivity (Wildman–Crippen MR) is 113 cm³/mol. The van der Waals surface area contributed by atoms with Crippen LogP contribution in [-0.4, -0.2) is 37.2 Å². The van der Waals surface area contributed by atoms with Gasteiger partial charge in [-0.15, -0.1) is 0 Å². The van der Waals surface area contributed by atoms with Crippen molar-refractivity contribution in [2.24, 2.45) is 0 Å². The molecule has 0 saturated carbocycles. The first-order valence-corrected chi connectivity index (χ1v) is 10.5. The summed E-state index contributed by atoms with van der Waals surface area (Å²) >= 11 is 5.20. The lowest BCUT2D eigenvalue weighted by molar-refractivity contribution is -0.385. The van der Waals surface area contributed by atoms with Gasteiger partial charge in [0.2, 0.25) is 10.0 Å². The number of hydrogen-bond donors (Lipinski definition) is 3. The number of amides is 1. The third-order valence-corrected chi connectivity index (χ3v) is 5.92. The number of non-ortho nitro benzene ring substituents is 1. The molecule has 0 heterocycles. The molecule has 0 aliphatic heterocycles. The Hall–Kier alpha value is -2.89. The molecule has 0 spiro atoms. The van der Waals surface area contributed by atoms with E-state index in [1.54, 1.807) is 36.4 Å². The maximum Gasteiger partial charge on any atom is 0.269 e. The van der Waals surface area contributed by atoms with Crippen LogP contribution in [-0.2, 0) is 15.6 Å². The van der Waals surface area contributed by atoms with E-state index in [0.29, 0.717) is 11.1 Å². The largest absolute Gasteiger partial charge is 0.352 e. The predicted octanol–water partition coefficient (Wildman–Crippen LogP) is 1.66. The topological polar surface area (TPSA) is 130 Å². The molecule has 1 amide bonds. The first-order valence-electron chi connectivity index (χ1n) is 8.41. The normalized spacial score (nSPS) is 13.2. The lowest BCUT2D eigenvalue weighted by atomic mass is 9.94. The summed E-state index contributed by atoms with van der Waals surface area (Å²) in [6.45, 7) is 1.53. The Labute approximate surface area is 173 Å². The van der Waals surface area contributed by atoms with E-state index in [4.69, 9.17) is 12.2 Å². The highest BCUT2D eigenvalue weighted by atomic mass is 32.2. The molecule has 0 aliphatic rings. The first-order chi connectivity index (χ1) is 13.6. The van der Waals surface area contributed by atoms with Gasteiger partial charge >= 0.3 is 0 Å². The molecule has 0 radical (unpaired) electrons. The molecule has 0 fully saturated rings. The SMILES string of the molecule is CNS(=O)(=O)CC(C)(NC(=S)NC(=O)c1ccccc1)c1cccc([N+](=O)[O-])c1. The Morgan fingerprint density at radius 3 is 2.41 bits per heavy atom. The van der Waals surface area contributed by atoms with Crippen LogP contribution in [0.2, 0.25) is 0 Å². The fourth-order valence-electron chi connectivity index (χ4n) is 2.65. The van der Waals surface area contributed by atoms with E-state index in [2.05, 4.69) is 15.4 Å². The molecule has 0 bridgehead atoms. The molecule has 9 nitrogen and oxygen atoms in total. The number of hydrogen-bond acceptors (Lipinski definition) is 6. The summed E-state index contributed by atoms with van der Waals surface area (Å²) < 4.78 is 26.6. The van der Waals surface area contributed by atoms with Gasteiger partial charge in [-0.1, -0.05) is 30.3 Å². The quantitative estimate of drug-likeness (QED) is 0.342. The van der Waals surface area contributed by atoms with Crippen LogP contribution in [0.1, 0.15) is 22.8 Å². The molecular formula is C18H20N4O5S2. The number of carbonyl (C=O) groups excluding carboxylic acids is 1. The molecule has 0 aromatic heterocycles. The molecule has 3 N–H and O–H groups in total. The van der Waals surface area contributed by atoms with Crippen LogP contribution >= 0.6 is 12.2 Å². The lowest BCUT2D eigenvalue weighted by Gasteiger charge is -2.32. The van der Waals surface area contributed by atoms with Gasteiger partial charge in [0.25, 0.3) is 11.6 Å². The van der Waals surface area contributed by atoms with Gasteiger partial charge in [0.1, 0.15) is 0 Å². The minimum atomic E-state index is -3.74. The van der Waals surface area contributed by atoms with Crippen LogP contribution in [0.3, 0.4) is 0 Å². The van der Waals surface area contributed by atoms with Crippen LogP contribution in [0, 0.1) is 10.1 Å². The zero-order chi connectivity index (χ0) is 21.7. The van der Waals surface area contributed by atoms with Gasteiger partial charge in [-0.05, 0) is 43.9 Å². The summed E-state index contributed by atoms with van der Waals surface area (Å²) in [6, 6.07) is 13.9. The number of nitro groups is 1. The van der Waals surface area contributed by atoms with Crippen molar-refractivity contribution in [2.75, 3.05) is 12.8 Å². The van der Waals surface area contributed by atoms with Crippen molar-refractivity contribution in [3.8, 4) is 0 Å². The van der Waals surface area contributed by atoms with Crippen LogP contribution in [0.25, 0.3) is 0 Å². The van der Waals surface area contributed by atoms with Gasteiger partial charge in [0.05, 0.1) is 16.2 Å². The van der Waals surface area contributed by atoms with E-state index in [1.165, 1.54) is 32.2 Å². The number of nitrogens with one attached hydrogen (secondary N) is 3. The second kappa shape index (κ2) is 9.07. The summed E-state index contributed by atoms with van der Waals surface area (Å²) in [5.74, 6) is -0.945. The molecule has 2 aromatic carbocycles. The summed E-state index contributed by atoms with van der Waals surface area (Å²) in [5, 5.41) is 16.3. The number of carbonyl (C=O) groups is 1. The first kappa shape index (κ1) is 22.4. The standard InChI is InChI=1S/C18H20N4O5S2/c1-18(12-29(26,27)19-2,14-9-6-10-15(11-14)22(24)25)21-17(28)20-16(23)13-7-4-3-5-8-13/h3-11,19H,12H2,1-2H3,(H2,20,21,23,28). The second-order valence-electron chi connectivity index (χ2n) is 6.38. The van der Waals surface area contributed by atoms with E-state index >= 15 is 0 Å².